The normalized spacial score (nSPS) is 14.6. The Labute approximate surface area is 192 Å². The molecule has 4 N–H and O–H groups in total. The summed E-state index contributed by atoms with van der Waals surface area (Å²) in [6, 6.07) is 8.84. The average Bonchev–Trinajstić information content (AvgIpc) is 3.22. The van der Waals surface area contributed by atoms with Crippen molar-refractivity contribution in [3.63, 3.8) is 0 Å². The highest BCUT2D eigenvalue weighted by atomic mass is 16.5. The summed E-state index contributed by atoms with van der Waals surface area (Å²) >= 11 is 0. The van der Waals surface area contributed by atoms with E-state index < -0.39 is 6.04 Å². The molecule has 1 aliphatic rings. The molecular formula is C24H28N6O3. The fourth-order valence-corrected chi connectivity index (χ4v) is 4.11. The fourth-order valence-electron chi connectivity index (χ4n) is 4.11. The lowest BCUT2D eigenvalue weighted by atomic mass is 10.1. The van der Waals surface area contributed by atoms with E-state index in [1.165, 1.54) is 4.57 Å². The first-order valence-corrected chi connectivity index (χ1v) is 10.8. The number of nitrogens with two attached hydrogens (primary N) is 1. The van der Waals surface area contributed by atoms with Gasteiger partial charge in [0.2, 0.25) is 5.91 Å². The van der Waals surface area contributed by atoms with E-state index in [0.717, 1.165) is 28.1 Å². The van der Waals surface area contributed by atoms with Gasteiger partial charge in [-0.05, 0) is 55.2 Å². The molecule has 3 aromatic rings. The second-order valence-electron chi connectivity index (χ2n) is 8.23. The van der Waals surface area contributed by atoms with E-state index in [2.05, 4.69) is 20.6 Å². The number of nitrogens with one attached hydrogen (secondary N) is 2. The molecule has 0 aliphatic carbocycles. The molecule has 0 spiro atoms. The number of aryl methyl sites for hydroxylation is 3. The Hall–Kier alpha value is -3.88. The molecule has 1 aliphatic heterocycles. The summed E-state index contributed by atoms with van der Waals surface area (Å²) in [6.45, 7) is 4.59. The zero-order valence-electron chi connectivity index (χ0n) is 19.0. The van der Waals surface area contributed by atoms with E-state index in [4.69, 9.17) is 10.5 Å². The number of nitrogen functional groups attached to an aromatic ring is 1. The predicted octanol–water partition coefficient (Wildman–Crippen LogP) is 2.26. The number of hydrogen-bond donors (Lipinski definition) is 3. The van der Waals surface area contributed by atoms with E-state index in [9.17, 15) is 9.59 Å². The van der Waals surface area contributed by atoms with Crippen molar-refractivity contribution in [1.82, 2.24) is 19.9 Å². The molecule has 0 bridgehead atoms. The minimum absolute atomic E-state index is 0.213. The maximum absolute atomic E-state index is 13.2. The summed E-state index contributed by atoms with van der Waals surface area (Å²) in [5.74, 6) is 1.61. The van der Waals surface area contributed by atoms with Crippen molar-refractivity contribution in [1.29, 1.82) is 0 Å². The maximum atomic E-state index is 13.2. The van der Waals surface area contributed by atoms with Crippen LogP contribution < -0.4 is 26.7 Å². The van der Waals surface area contributed by atoms with Crippen molar-refractivity contribution in [2.24, 2.45) is 0 Å². The fraction of sp³-hybridized carbons (Fsp3) is 0.333. The number of anilines is 2. The van der Waals surface area contributed by atoms with Crippen molar-refractivity contribution in [3.8, 4) is 5.75 Å². The van der Waals surface area contributed by atoms with Crippen LogP contribution in [0.2, 0.25) is 0 Å². The van der Waals surface area contributed by atoms with Crippen LogP contribution in [-0.2, 0) is 24.3 Å². The standard InChI is InChI=1S/C24H28N6O3/c1-14-8-16(10-18(9-14)33-3)11-26-19-13-27-22-7-5-20(30(22)24(19)32)23(31)28-12-17-4-6-21(25)29-15(17)2/h4,6,8-10,13,20,26H,5,7,11-12H2,1-3H3,(H2,25,29)(H,28,31)/t20-/m0/s1. The van der Waals surface area contributed by atoms with Gasteiger partial charge in [-0.1, -0.05) is 12.1 Å². The first-order valence-electron chi connectivity index (χ1n) is 10.8. The highest BCUT2D eigenvalue weighted by molar-refractivity contribution is 5.81. The molecule has 3 heterocycles. The lowest BCUT2D eigenvalue weighted by molar-refractivity contribution is -0.124. The third-order valence-corrected chi connectivity index (χ3v) is 5.82. The monoisotopic (exact) mass is 448 g/mol. The number of aromatic nitrogens is 3. The molecule has 172 valence electrons. The van der Waals surface area contributed by atoms with Gasteiger partial charge >= 0.3 is 0 Å². The van der Waals surface area contributed by atoms with Gasteiger partial charge in [-0.2, -0.15) is 0 Å². The van der Waals surface area contributed by atoms with Crippen LogP contribution in [0.3, 0.4) is 0 Å². The van der Waals surface area contributed by atoms with Crippen molar-refractivity contribution in [2.75, 3.05) is 18.2 Å². The molecule has 1 amide bonds. The van der Waals surface area contributed by atoms with Gasteiger partial charge < -0.3 is 21.1 Å². The molecule has 1 atom stereocenters. The molecule has 0 saturated carbocycles. The van der Waals surface area contributed by atoms with Gasteiger partial charge in [0, 0.05) is 25.2 Å². The number of carbonyl (C=O) groups is 1. The average molecular weight is 449 g/mol. The van der Waals surface area contributed by atoms with Gasteiger partial charge in [0.15, 0.2) is 0 Å². The summed E-state index contributed by atoms with van der Waals surface area (Å²) in [4.78, 5) is 34.8. The number of amides is 1. The number of carbonyl (C=O) groups excluding carboxylic acids is 1. The molecular weight excluding hydrogens is 420 g/mol. The number of benzene rings is 1. The van der Waals surface area contributed by atoms with Gasteiger partial charge in [0.05, 0.1) is 13.3 Å². The van der Waals surface area contributed by atoms with Crippen LogP contribution in [0, 0.1) is 13.8 Å². The predicted molar refractivity (Wildman–Crippen MR) is 126 cm³/mol. The molecule has 0 saturated heterocycles. The Kier molecular flexibility index (Phi) is 6.30. The van der Waals surface area contributed by atoms with E-state index in [1.807, 2.05) is 38.1 Å². The number of fused-ring (bicyclic) bond motifs is 1. The second kappa shape index (κ2) is 9.32. The molecule has 4 rings (SSSR count). The van der Waals surface area contributed by atoms with Crippen LogP contribution in [0.15, 0.2) is 41.3 Å². The first kappa shape index (κ1) is 22.3. The van der Waals surface area contributed by atoms with Crippen molar-refractivity contribution in [3.05, 3.63) is 75.1 Å². The Morgan fingerprint density at radius 2 is 2.06 bits per heavy atom. The van der Waals surface area contributed by atoms with Crippen LogP contribution in [0.1, 0.15) is 40.7 Å². The van der Waals surface area contributed by atoms with E-state index in [-0.39, 0.29) is 11.5 Å². The quantitative estimate of drug-likeness (QED) is 0.506. The SMILES string of the molecule is COc1cc(C)cc(CNc2cnc3n(c2=O)[C@H](C(=O)NCc2ccc(N)nc2C)CC3)c1. The number of ether oxygens (including phenoxy) is 1. The van der Waals surface area contributed by atoms with Crippen LogP contribution in [-0.4, -0.2) is 27.6 Å². The van der Waals surface area contributed by atoms with Crippen molar-refractivity contribution < 1.29 is 9.53 Å². The number of methoxy groups -OCH3 is 1. The number of rotatable bonds is 7. The molecule has 33 heavy (non-hydrogen) atoms. The molecule has 2 aromatic heterocycles. The lowest BCUT2D eigenvalue weighted by Gasteiger charge is -2.16. The van der Waals surface area contributed by atoms with Crippen molar-refractivity contribution >= 4 is 17.4 Å². The third kappa shape index (κ3) is 4.82. The van der Waals surface area contributed by atoms with Crippen LogP contribution >= 0.6 is 0 Å². The molecule has 9 heteroatoms. The first-order chi connectivity index (χ1) is 15.9. The number of pyridine rings is 1. The van der Waals surface area contributed by atoms with Gasteiger partial charge in [0.25, 0.3) is 5.56 Å². The smallest absolute Gasteiger partial charge is 0.277 e. The van der Waals surface area contributed by atoms with E-state index in [1.54, 1.807) is 19.4 Å². The zero-order chi connectivity index (χ0) is 23.5. The summed E-state index contributed by atoms with van der Waals surface area (Å²) in [6.07, 6.45) is 2.65. The third-order valence-electron chi connectivity index (χ3n) is 5.82. The maximum Gasteiger partial charge on any atom is 0.277 e. The minimum atomic E-state index is -0.595. The van der Waals surface area contributed by atoms with E-state index in [0.29, 0.717) is 43.3 Å². The number of nitrogens with zero attached hydrogens (tertiary/aromatic N) is 3. The molecule has 1 aromatic carbocycles. The van der Waals surface area contributed by atoms with Gasteiger partial charge in [-0.25, -0.2) is 9.97 Å². The summed E-state index contributed by atoms with van der Waals surface area (Å²) in [5.41, 5.74) is 9.50. The minimum Gasteiger partial charge on any atom is -0.497 e. The lowest BCUT2D eigenvalue weighted by Crippen LogP contribution is -2.36. The Balaban J connectivity index is 1.48. The number of hydrogen-bond acceptors (Lipinski definition) is 7. The van der Waals surface area contributed by atoms with Crippen LogP contribution in [0.4, 0.5) is 11.5 Å². The molecule has 0 fully saturated rings. The van der Waals surface area contributed by atoms with Gasteiger partial charge in [-0.15, -0.1) is 0 Å². The summed E-state index contributed by atoms with van der Waals surface area (Å²) < 4.78 is 6.82. The largest absolute Gasteiger partial charge is 0.497 e. The Morgan fingerprint density at radius 3 is 2.82 bits per heavy atom. The van der Waals surface area contributed by atoms with E-state index >= 15 is 0 Å². The summed E-state index contributed by atoms with van der Waals surface area (Å²) in [7, 11) is 1.62. The Bertz CT molecular complexity index is 1250. The second-order valence-corrected chi connectivity index (χ2v) is 8.23. The zero-order valence-corrected chi connectivity index (χ0v) is 19.0. The summed E-state index contributed by atoms with van der Waals surface area (Å²) in [5, 5.41) is 6.09. The topological polar surface area (TPSA) is 124 Å². The van der Waals surface area contributed by atoms with Crippen molar-refractivity contribution in [2.45, 2.75) is 45.8 Å². The molecule has 9 nitrogen and oxygen atoms in total. The molecule has 0 radical (unpaired) electrons. The van der Waals surface area contributed by atoms with Gasteiger partial charge in [-0.3, -0.25) is 14.2 Å². The highest BCUT2D eigenvalue weighted by Gasteiger charge is 2.31. The Morgan fingerprint density at radius 1 is 1.24 bits per heavy atom. The molecule has 0 unspecified atom stereocenters. The van der Waals surface area contributed by atoms with Gasteiger partial charge in [0.1, 0.15) is 29.1 Å². The van der Waals surface area contributed by atoms with Crippen LogP contribution in [0.5, 0.6) is 5.75 Å². The highest BCUT2D eigenvalue weighted by Crippen LogP contribution is 2.24. The van der Waals surface area contributed by atoms with Crippen LogP contribution in [0.25, 0.3) is 0 Å².